The van der Waals surface area contributed by atoms with Crippen molar-refractivity contribution in [3.05, 3.63) is 97.4 Å². The Morgan fingerprint density at radius 2 is 1.81 bits per heavy atom. The molecule has 0 saturated carbocycles. The normalized spacial score (nSPS) is 11.2. The molecule has 0 aliphatic heterocycles. The lowest BCUT2D eigenvalue weighted by Gasteiger charge is -2.06. The topological polar surface area (TPSA) is 129 Å². The molecule has 0 atom stereocenters. The molecule has 0 aliphatic rings. The van der Waals surface area contributed by atoms with Crippen molar-refractivity contribution in [2.24, 2.45) is 0 Å². The van der Waals surface area contributed by atoms with Crippen molar-refractivity contribution in [2.45, 2.75) is 6.92 Å². The van der Waals surface area contributed by atoms with E-state index in [2.05, 4.69) is 15.1 Å². The fraction of sp³-hybridized carbons (Fsp3) is 0.0476. The Labute approximate surface area is 183 Å². The lowest BCUT2D eigenvalue weighted by atomic mass is 10.1. The van der Waals surface area contributed by atoms with Crippen molar-refractivity contribution in [3.63, 3.8) is 0 Å². The number of hydrogen-bond acceptors (Lipinski definition) is 7. The van der Waals surface area contributed by atoms with Crippen LogP contribution in [-0.4, -0.2) is 29.2 Å². The number of nitrogens with zero attached hydrogens (tertiary/aromatic N) is 5. The maximum Gasteiger partial charge on any atom is 0.335 e. The SMILES string of the molecule is Cc1c(-c2ccc([N+](=O)[O-])cc2)sc2[nH]c(=O)n(-c3cccc(-n4cccn4)n3)c(=O)c12. The molecule has 4 aromatic heterocycles. The van der Waals surface area contributed by atoms with E-state index >= 15 is 0 Å². The summed E-state index contributed by atoms with van der Waals surface area (Å²) in [5.41, 5.74) is 0.281. The number of nitrogens with one attached hydrogen (secondary N) is 1. The molecule has 5 rings (SSSR count). The van der Waals surface area contributed by atoms with Crippen LogP contribution in [-0.2, 0) is 0 Å². The van der Waals surface area contributed by atoms with Crippen molar-refractivity contribution >= 4 is 27.2 Å². The highest BCUT2D eigenvalue weighted by molar-refractivity contribution is 7.22. The molecule has 4 heterocycles. The molecule has 11 heteroatoms. The fourth-order valence-corrected chi connectivity index (χ4v) is 4.70. The maximum absolute atomic E-state index is 13.4. The van der Waals surface area contributed by atoms with Gasteiger partial charge in [-0.3, -0.25) is 19.9 Å². The maximum atomic E-state index is 13.4. The number of fused-ring (bicyclic) bond motifs is 1. The van der Waals surface area contributed by atoms with Gasteiger partial charge in [0.2, 0.25) is 0 Å². The van der Waals surface area contributed by atoms with Crippen LogP contribution >= 0.6 is 11.3 Å². The number of hydrogen-bond donors (Lipinski definition) is 1. The molecule has 158 valence electrons. The lowest BCUT2D eigenvalue weighted by Crippen LogP contribution is -2.34. The van der Waals surface area contributed by atoms with E-state index in [0.717, 1.165) is 15.0 Å². The number of aryl methyl sites for hydroxylation is 1. The van der Waals surface area contributed by atoms with E-state index < -0.39 is 16.2 Å². The summed E-state index contributed by atoms with van der Waals surface area (Å²) in [7, 11) is 0. The summed E-state index contributed by atoms with van der Waals surface area (Å²) < 4.78 is 2.53. The molecule has 10 nitrogen and oxygen atoms in total. The third-order valence-electron chi connectivity index (χ3n) is 5.02. The van der Waals surface area contributed by atoms with Gasteiger partial charge in [0.25, 0.3) is 11.2 Å². The number of nitro groups is 1. The van der Waals surface area contributed by atoms with E-state index in [1.807, 2.05) is 0 Å². The minimum absolute atomic E-state index is 0.0218. The molecular weight excluding hydrogens is 432 g/mol. The molecule has 1 N–H and O–H groups in total. The van der Waals surface area contributed by atoms with Crippen LogP contribution in [0.2, 0.25) is 0 Å². The van der Waals surface area contributed by atoms with Gasteiger partial charge in [0, 0.05) is 29.4 Å². The van der Waals surface area contributed by atoms with Gasteiger partial charge in [-0.2, -0.15) is 5.10 Å². The van der Waals surface area contributed by atoms with Gasteiger partial charge in [0.05, 0.1) is 10.3 Å². The van der Waals surface area contributed by atoms with Gasteiger partial charge in [-0.15, -0.1) is 11.3 Å². The quantitative estimate of drug-likeness (QED) is 0.333. The molecule has 5 aromatic rings. The van der Waals surface area contributed by atoms with E-state index in [-0.39, 0.29) is 11.5 Å². The smallest absolute Gasteiger partial charge is 0.298 e. The number of aromatic nitrogens is 5. The van der Waals surface area contributed by atoms with E-state index in [9.17, 15) is 19.7 Å². The standard InChI is InChI=1S/C21H14N6O4S/c1-12-17-19(32-18(12)13-6-8-14(9-7-13)27(30)31)24-21(29)26(20(17)28)16-5-2-4-15(23-16)25-11-3-10-22-25/h2-11H,1H3,(H,24,29). The average molecular weight is 446 g/mol. The summed E-state index contributed by atoms with van der Waals surface area (Å²) in [5, 5.41) is 15.4. The molecule has 32 heavy (non-hydrogen) atoms. The molecule has 0 fully saturated rings. The first-order valence-electron chi connectivity index (χ1n) is 9.45. The van der Waals surface area contributed by atoms with Crippen LogP contribution in [0.3, 0.4) is 0 Å². The fourth-order valence-electron chi connectivity index (χ4n) is 3.50. The number of nitro benzene ring substituents is 1. The van der Waals surface area contributed by atoms with Crippen molar-refractivity contribution in [3.8, 4) is 22.1 Å². The van der Waals surface area contributed by atoms with Gasteiger partial charge >= 0.3 is 5.69 Å². The monoisotopic (exact) mass is 446 g/mol. The largest absolute Gasteiger partial charge is 0.335 e. The molecule has 0 amide bonds. The van der Waals surface area contributed by atoms with Crippen LogP contribution in [0.5, 0.6) is 0 Å². The summed E-state index contributed by atoms with van der Waals surface area (Å²) in [6.07, 6.45) is 3.32. The second-order valence-corrected chi connectivity index (χ2v) is 7.96. The summed E-state index contributed by atoms with van der Waals surface area (Å²) in [4.78, 5) is 45.0. The third-order valence-corrected chi connectivity index (χ3v) is 6.27. The highest BCUT2D eigenvalue weighted by Crippen LogP contribution is 2.36. The third kappa shape index (κ3) is 3.11. The Balaban J connectivity index is 1.68. The molecule has 0 unspecified atom stereocenters. The van der Waals surface area contributed by atoms with E-state index in [1.165, 1.54) is 28.2 Å². The molecule has 0 radical (unpaired) electrons. The highest BCUT2D eigenvalue weighted by Gasteiger charge is 2.19. The molecular formula is C21H14N6O4S. The van der Waals surface area contributed by atoms with Gasteiger partial charge in [0.1, 0.15) is 10.6 Å². The van der Waals surface area contributed by atoms with Gasteiger partial charge in [-0.25, -0.2) is 19.0 Å². The zero-order chi connectivity index (χ0) is 22.4. The number of non-ortho nitro benzene ring substituents is 1. The number of benzene rings is 1. The summed E-state index contributed by atoms with van der Waals surface area (Å²) in [5.74, 6) is 0.640. The Bertz CT molecular complexity index is 1600. The van der Waals surface area contributed by atoms with Crippen LogP contribution in [0.1, 0.15) is 5.56 Å². The zero-order valence-corrected chi connectivity index (χ0v) is 17.4. The van der Waals surface area contributed by atoms with Crippen molar-refractivity contribution < 1.29 is 4.92 Å². The lowest BCUT2D eigenvalue weighted by molar-refractivity contribution is -0.384. The minimum Gasteiger partial charge on any atom is -0.298 e. The Morgan fingerprint density at radius 3 is 2.50 bits per heavy atom. The summed E-state index contributed by atoms with van der Waals surface area (Å²) >= 11 is 1.25. The van der Waals surface area contributed by atoms with Crippen LogP contribution in [0.25, 0.3) is 32.3 Å². The average Bonchev–Trinajstić information content (AvgIpc) is 3.42. The Morgan fingerprint density at radius 1 is 1.06 bits per heavy atom. The van der Waals surface area contributed by atoms with Gasteiger partial charge in [-0.1, -0.05) is 6.07 Å². The first-order chi connectivity index (χ1) is 15.4. The van der Waals surface area contributed by atoms with Crippen LogP contribution in [0.15, 0.2) is 70.5 Å². The number of thiophene rings is 1. The zero-order valence-electron chi connectivity index (χ0n) is 16.6. The van der Waals surface area contributed by atoms with E-state index in [4.69, 9.17) is 0 Å². The molecule has 0 spiro atoms. The predicted molar refractivity (Wildman–Crippen MR) is 120 cm³/mol. The van der Waals surface area contributed by atoms with Crippen molar-refractivity contribution in [1.82, 2.24) is 24.3 Å². The van der Waals surface area contributed by atoms with Gasteiger partial charge in [0.15, 0.2) is 5.82 Å². The molecule has 0 bridgehead atoms. The number of pyridine rings is 1. The van der Waals surface area contributed by atoms with Gasteiger partial charge in [-0.05, 0) is 48.4 Å². The highest BCUT2D eigenvalue weighted by atomic mass is 32.1. The van der Waals surface area contributed by atoms with Gasteiger partial charge < -0.3 is 0 Å². The Kier molecular flexibility index (Phi) is 4.52. The number of rotatable bonds is 4. The van der Waals surface area contributed by atoms with Crippen LogP contribution in [0, 0.1) is 17.0 Å². The van der Waals surface area contributed by atoms with Crippen LogP contribution < -0.4 is 11.2 Å². The first-order valence-corrected chi connectivity index (χ1v) is 10.3. The second-order valence-electron chi connectivity index (χ2n) is 6.94. The van der Waals surface area contributed by atoms with Crippen molar-refractivity contribution in [1.29, 1.82) is 0 Å². The summed E-state index contributed by atoms with van der Waals surface area (Å²) in [6.45, 7) is 1.78. The Hall–Kier alpha value is -4.38. The van der Waals surface area contributed by atoms with Crippen LogP contribution in [0.4, 0.5) is 5.69 Å². The molecule has 0 saturated heterocycles. The number of H-pyrrole nitrogens is 1. The first kappa shape index (κ1) is 19.6. The van der Waals surface area contributed by atoms with E-state index in [1.54, 1.807) is 55.7 Å². The summed E-state index contributed by atoms with van der Waals surface area (Å²) in [6, 6.07) is 12.8. The van der Waals surface area contributed by atoms with Crippen molar-refractivity contribution in [2.75, 3.05) is 0 Å². The number of aromatic amines is 1. The predicted octanol–water partition coefficient (Wildman–Crippen LogP) is 3.20. The van der Waals surface area contributed by atoms with E-state index in [0.29, 0.717) is 21.6 Å². The second kappa shape index (κ2) is 7.39. The molecule has 0 aliphatic carbocycles. The molecule has 1 aromatic carbocycles. The minimum atomic E-state index is -0.607.